The number of nitrogens with zero attached hydrogens (tertiary/aromatic N) is 3. The van der Waals surface area contributed by atoms with E-state index in [0.717, 1.165) is 41.5 Å². The standard InChI is InChI=1S/C21H22N4O3S2/c1-13-23-24-21(25(13)14-7-4-3-5-8-14)29-12-11-17(26)22-19-18(20(27)28-2)15-9-6-10-16(15)30-19/h3-5,7-8H,6,9-12H2,1-2H3,(H,22,26). The number of nitrogens with one attached hydrogen (secondary N) is 1. The first-order valence-electron chi connectivity index (χ1n) is 9.71. The van der Waals surface area contributed by atoms with Crippen molar-refractivity contribution in [2.24, 2.45) is 0 Å². The van der Waals surface area contributed by atoms with Crippen molar-refractivity contribution in [2.75, 3.05) is 18.2 Å². The van der Waals surface area contributed by atoms with Crippen molar-refractivity contribution < 1.29 is 14.3 Å². The molecule has 1 aliphatic rings. The van der Waals surface area contributed by atoms with Gasteiger partial charge in [0.2, 0.25) is 5.91 Å². The number of ether oxygens (including phenoxy) is 1. The summed E-state index contributed by atoms with van der Waals surface area (Å²) < 4.78 is 6.91. The Morgan fingerprint density at radius 1 is 1.23 bits per heavy atom. The Morgan fingerprint density at radius 3 is 2.80 bits per heavy atom. The van der Waals surface area contributed by atoms with E-state index in [2.05, 4.69) is 15.5 Å². The van der Waals surface area contributed by atoms with Crippen LogP contribution in [-0.2, 0) is 22.4 Å². The molecular weight excluding hydrogens is 420 g/mol. The maximum Gasteiger partial charge on any atom is 0.341 e. The Bertz CT molecular complexity index is 1080. The third kappa shape index (κ3) is 4.13. The topological polar surface area (TPSA) is 86.1 Å². The molecule has 1 amide bonds. The van der Waals surface area contributed by atoms with Crippen LogP contribution in [0.25, 0.3) is 5.69 Å². The Hall–Kier alpha value is -2.65. The van der Waals surface area contributed by atoms with Crippen molar-refractivity contribution >= 4 is 40.0 Å². The lowest BCUT2D eigenvalue weighted by Gasteiger charge is -2.09. The third-order valence-corrected chi connectivity index (χ3v) is 7.07. The lowest BCUT2D eigenvalue weighted by atomic mass is 10.1. The molecule has 1 aliphatic carbocycles. The largest absolute Gasteiger partial charge is 0.465 e. The van der Waals surface area contributed by atoms with E-state index < -0.39 is 0 Å². The van der Waals surface area contributed by atoms with E-state index in [1.54, 1.807) is 0 Å². The Balaban J connectivity index is 1.40. The highest BCUT2D eigenvalue weighted by Crippen LogP contribution is 2.39. The first kappa shape index (κ1) is 20.6. The number of thiophene rings is 1. The van der Waals surface area contributed by atoms with Gasteiger partial charge in [0.15, 0.2) is 5.16 Å². The molecular formula is C21H22N4O3S2. The fourth-order valence-electron chi connectivity index (χ4n) is 3.55. The van der Waals surface area contributed by atoms with Crippen LogP contribution in [0.3, 0.4) is 0 Å². The maximum atomic E-state index is 12.5. The van der Waals surface area contributed by atoms with Crippen molar-refractivity contribution in [2.45, 2.75) is 37.8 Å². The van der Waals surface area contributed by atoms with Crippen molar-refractivity contribution in [1.82, 2.24) is 14.8 Å². The lowest BCUT2D eigenvalue weighted by Crippen LogP contribution is -2.15. The minimum Gasteiger partial charge on any atom is -0.465 e. The average molecular weight is 443 g/mol. The van der Waals surface area contributed by atoms with E-state index in [1.165, 1.54) is 35.1 Å². The summed E-state index contributed by atoms with van der Waals surface area (Å²) in [6.07, 6.45) is 3.15. The Kier molecular flexibility index (Phi) is 6.19. The number of amides is 1. The summed E-state index contributed by atoms with van der Waals surface area (Å²) in [5.41, 5.74) is 2.54. The molecule has 1 N–H and O–H groups in total. The summed E-state index contributed by atoms with van der Waals surface area (Å²) >= 11 is 2.97. The normalized spacial score (nSPS) is 12.6. The second kappa shape index (κ2) is 9.01. The molecule has 0 aliphatic heterocycles. The number of benzene rings is 1. The highest BCUT2D eigenvalue weighted by atomic mass is 32.2. The van der Waals surface area contributed by atoms with Gasteiger partial charge in [-0.3, -0.25) is 9.36 Å². The molecule has 9 heteroatoms. The smallest absolute Gasteiger partial charge is 0.341 e. The van der Waals surface area contributed by atoms with Crippen LogP contribution in [-0.4, -0.2) is 39.5 Å². The van der Waals surface area contributed by atoms with Crippen LogP contribution in [0.4, 0.5) is 5.00 Å². The first-order chi connectivity index (χ1) is 14.6. The van der Waals surface area contributed by atoms with Gasteiger partial charge in [0.25, 0.3) is 0 Å². The zero-order valence-corrected chi connectivity index (χ0v) is 18.4. The summed E-state index contributed by atoms with van der Waals surface area (Å²) in [6.45, 7) is 1.90. The molecule has 0 radical (unpaired) electrons. The number of hydrogen-bond donors (Lipinski definition) is 1. The molecule has 0 fully saturated rings. The van der Waals surface area contributed by atoms with E-state index in [1.807, 2.05) is 41.8 Å². The number of methoxy groups -OCH3 is 1. The maximum absolute atomic E-state index is 12.5. The van der Waals surface area contributed by atoms with Crippen molar-refractivity contribution in [3.63, 3.8) is 0 Å². The molecule has 7 nitrogen and oxygen atoms in total. The van der Waals surface area contributed by atoms with Crippen LogP contribution in [0.1, 0.15) is 39.5 Å². The number of thioether (sulfide) groups is 1. The van der Waals surface area contributed by atoms with Crippen LogP contribution in [0.5, 0.6) is 0 Å². The minimum absolute atomic E-state index is 0.130. The molecule has 30 heavy (non-hydrogen) atoms. The molecule has 0 unspecified atom stereocenters. The zero-order chi connectivity index (χ0) is 21.1. The number of carbonyl (C=O) groups excluding carboxylic acids is 2. The van der Waals surface area contributed by atoms with E-state index >= 15 is 0 Å². The van der Waals surface area contributed by atoms with Gasteiger partial charge in [-0.05, 0) is 43.9 Å². The van der Waals surface area contributed by atoms with Crippen LogP contribution in [0.15, 0.2) is 35.5 Å². The van der Waals surface area contributed by atoms with Gasteiger partial charge in [-0.25, -0.2) is 4.79 Å². The van der Waals surface area contributed by atoms with Gasteiger partial charge in [-0.1, -0.05) is 30.0 Å². The summed E-state index contributed by atoms with van der Waals surface area (Å²) in [7, 11) is 1.37. The third-order valence-electron chi connectivity index (χ3n) is 4.93. The zero-order valence-electron chi connectivity index (χ0n) is 16.8. The summed E-state index contributed by atoms with van der Waals surface area (Å²) in [5, 5.41) is 12.7. The number of aryl methyl sites for hydroxylation is 2. The van der Waals surface area contributed by atoms with Gasteiger partial charge in [0.05, 0.1) is 12.7 Å². The number of esters is 1. The number of hydrogen-bond acceptors (Lipinski definition) is 7. The summed E-state index contributed by atoms with van der Waals surface area (Å²) in [6, 6.07) is 9.89. The van der Waals surface area contributed by atoms with Gasteiger partial charge in [0.1, 0.15) is 10.8 Å². The van der Waals surface area contributed by atoms with Gasteiger partial charge < -0.3 is 10.1 Å². The van der Waals surface area contributed by atoms with Crippen LogP contribution in [0, 0.1) is 6.92 Å². The second-order valence-electron chi connectivity index (χ2n) is 6.90. The molecule has 0 saturated heterocycles. The van der Waals surface area contributed by atoms with E-state index in [0.29, 0.717) is 22.7 Å². The van der Waals surface area contributed by atoms with Crippen LogP contribution in [0.2, 0.25) is 0 Å². The molecule has 2 aromatic heterocycles. The SMILES string of the molecule is COC(=O)c1c(NC(=O)CCSc2nnc(C)n2-c2ccccc2)sc2c1CCC2. The fourth-order valence-corrected chi connectivity index (χ4v) is 5.77. The molecule has 0 saturated carbocycles. The van der Waals surface area contributed by atoms with Crippen molar-refractivity contribution in [3.8, 4) is 5.69 Å². The quantitative estimate of drug-likeness (QED) is 0.439. The number of rotatable bonds is 7. The van der Waals surface area contributed by atoms with Gasteiger partial charge in [0, 0.05) is 22.7 Å². The summed E-state index contributed by atoms with van der Waals surface area (Å²) in [4.78, 5) is 25.9. The molecule has 0 atom stereocenters. The van der Waals surface area contributed by atoms with Crippen molar-refractivity contribution in [3.05, 3.63) is 52.2 Å². The monoisotopic (exact) mass is 442 g/mol. The van der Waals surface area contributed by atoms with Crippen molar-refractivity contribution in [1.29, 1.82) is 0 Å². The minimum atomic E-state index is -0.384. The fraction of sp³-hybridized carbons (Fsp3) is 0.333. The molecule has 1 aromatic carbocycles. The van der Waals surface area contributed by atoms with Gasteiger partial charge in [-0.15, -0.1) is 21.5 Å². The van der Waals surface area contributed by atoms with E-state index in [-0.39, 0.29) is 11.9 Å². The second-order valence-corrected chi connectivity index (χ2v) is 9.07. The van der Waals surface area contributed by atoms with Crippen LogP contribution < -0.4 is 5.32 Å². The number of aromatic nitrogens is 3. The first-order valence-corrected chi connectivity index (χ1v) is 11.5. The van der Waals surface area contributed by atoms with E-state index in [4.69, 9.17) is 4.74 Å². The molecule has 3 aromatic rings. The number of carbonyl (C=O) groups is 2. The summed E-state index contributed by atoms with van der Waals surface area (Å²) in [5.74, 6) is 0.833. The molecule has 156 valence electrons. The lowest BCUT2D eigenvalue weighted by molar-refractivity contribution is -0.115. The number of anilines is 1. The highest BCUT2D eigenvalue weighted by molar-refractivity contribution is 7.99. The number of para-hydroxylation sites is 1. The Morgan fingerprint density at radius 2 is 2.03 bits per heavy atom. The predicted octanol–water partition coefficient (Wildman–Crippen LogP) is 4.03. The molecule has 0 spiro atoms. The number of fused-ring (bicyclic) bond motifs is 1. The highest BCUT2D eigenvalue weighted by Gasteiger charge is 2.28. The van der Waals surface area contributed by atoms with Crippen LogP contribution >= 0.6 is 23.1 Å². The van der Waals surface area contributed by atoms with Gasteiger partial charge in [-0.2, -0.15) is 0 Å². The predicted molar refractivity (Wildman–Crippen MR) is 118 cm³/mol. The van der Waals surface area contributed by atoms with E-state index in [9.17, 15) is 9.59 Å². The molecule has 4 rings (SSSR count). The molecule has 2 heterocycles. The molecule has 0 bridgehead atoms. The average Bonchev–Trinajstić information content (AvgIpc) is 3.43. The Labute approximate surface area is 182 Å². The van der Waals surface area contributed by atoms with Gasteiger partial charge >= 0.3 is 5.97 Å².